The van der Waals surface area contributed by atoms with Gasteiger partial charge >= 0.3 is 0 Å². The van der Waals surface area contributed by atoms with Crippen LogP contribution in [-0.4, -0.2) is 30.6 Å². The van der Waals surface area contributed by atoms with Crippen molar-refractivity contribution >= 4 is 23.2 Å². The molecule has 0 saturated carbocycles. The van der Waals surface area contributed by atoms with E-state index in [1.807, 2.05) is 6.92 Å². The number of likely N-dealkylation sites (N-methyl/N-ethyl adjacent to an activating group) is 1. The molecule has 1 atom stereocenters. The van der Waals surface area contributed by atoms with Crippen LogP contribution in [-0.2, 0) is 16.1 Å². The first-order valence-corrected chi connectivity index (χ1v) is 6.56. The minimum absolute atomic E-state index is 0.0732. The van der Waals surface area contributed by atoms with E-state index in [9.17, 15) is 4.79 Å². The highest BCUT2D eigenvalue weighted by molar-refractivity contribution is 6.31. The first kappa shape index (κ1) is 15.8. The Hall–Kier alpha value is -1.26. The van der Waals surface area contributed by atoms with E-state index >= 15 is 0 Å². The number of nitrogens with zero attached hydrogens (tertiary/aromatic N) is 1. The van der Waals surface area contributed by atoms with Crippen LogP contribution in [0, 0.1) is 0 Å². The summed E-state index contributed by atoms with van der Waals surface area (Å²) in [5.74, 6) is -0.0732. The van der Waals surface area contributed by atoms with Crippen LogP contribution in [0.3, 0.4) is 0 Å². The van der Waals surface area contributed by atoms with Crippen molar-refractivity contribution in [3.05, 3.63) is 28.8 Å². The number of halogens is 1. The molecule has 1 unspecified atom stereocenters. The molecule has 0 spiro atoms. The highest BCUT2D eigenvalue weighted by atomic mass is 35.5. The van der Waals surface area contributed by atoms with Crippen LogP contribution in [0.5, 0.6) is 0 Å². The number of hydrogen-bond donors (Lipinski definition) is 1. The lowest BCUT2D eigenvalue weighted by molar-refractivity contribution is -0.152. The van der Waals surface area contributed by atoms with Crippen molar-refractivity contribution in [2.75, 3.05) is 19.9 Å². The fourth-order valence-corrected chi connectivity index (χ4v) is 2.01. The summed E-state index contributed by atoms with van der Waals surface area (Å²) in [6.07, 6.45) is 0.608. The Bertz CT molecular complexity index is 459. The number of nitrogens with two attached hydrogens (primary N) is 1. The van der Waals surface area contributed by atoms with E-state index in [1.54, 1.807) is 44.2 Å². The molecule has 0 heterocycles. The van der Waals surface area contributed by atoms with Gasteiger partial charge in [0.1, 0.15) is 5.60 Å². The van der Waals surface area contributed by atoms with Crippen LogP contribution >= 0.6 is 11.6 Å². The average molecular weight is 285 g/mol. The fourth-order valence-electron chi connectivity index (χ4n) is 1.83. The summed E-state index contributed by atoms with van der Waals surface area (Å²) in [6.45, 7) is 4.11. The number of nitrogen functional groups attached to an aromatic ring is 1. The molecule has 1 rings (SSSR count). The van der Waals surface area contributed by atoms with Crippen molar-refractivity contribution in [2.24, 2.45) is 0 Å². The summed E-state index contributed by atoms with van der Waals surface area (Å²) in [7, 11) is 3.28. The van der Waals surface area contributed by atoms with E-state index in [2.05, 4.69) is 0 Å². The maximum Gasteiger partial charge on any atom is 0.254 e. The molecule has 0 aliphatic heterocycles. The predicted octanol–water partition coefficient (Wildman–Crippen LogP) is 2.70. The van der Waals surface area contributed by atoms with Gasteiger partial charge in [-0.2, -0.15) is 0 Å². The average Bonchev–Trinajstić information content (AvgIpc) is 2.41. The van der Waals surface area contributed by atoms with Gasteiger partial charge in [-0.05, 0) is 37.1 Å². The number of carbonyl (C=O) groups is 1. The molecule has 5 heteroatoms. The summed E-state index contributed by atoms with van der Waals surface area (Å²) >= 11 is 6.10. The standard InChI is InChI=1S/C14H21ClN2O2/c1-5-14(2,19-4)13(18)17(3)9-10-8-11(16)6-7-12(10)15/h6-8H,5,9,16H2,1-4H3. The smallest absolute Gasteiger partial charge is 0.254 e. The second-order valence-electron chi connectivity index (χ2n) is 4.80. The zero-order valence-corrected chi connectivity index (χ0v) is 12.6. The minimum atomic E-state index is -0.804. The zero-order valence-electron chi connectivity index (χ0n) is 11.9. The third-order valence-corrected chi connectivity index (χ3v) is 3.77. The molecule has 1 aromatic rings. The molecule has 0 radical (unpaired) electrons. The lowest BCUT2D eigenvalue weighted by Gasteiger charge is -2.30. The number of ether oxygens (including phenoxy) is 1. The monoisotopic (exact) mass is 284 g/mol. The summed E-state index contributed by atoms with van der Waals surface area (Å²) in [4.78, 5) is 14.0. The molecule has 0 aromatic heterocycles. The van der Waals surface area contributed by atoms with E-state index in [0.29, 0.717) is 23.7 Å². The Morgan fingerprint density at radius 2 is 2.16 bits per heavy atom. The van der Waals surface area contributed by atoms with Gasteiger partial charge in [0.2, 0.25) is 0 Å². The first-order valence-electron chi connectivity index (χ1n) is 6.18. The number of hydrogen-bond acceptors (Lipinski definition) is 3. The Morgan fingerprint density at radius 3 is 2.68 bits per heavy atom. The van der Waals surface area contributed by atoms with E-state index in [1.165, 1.54) is 0 Å². The van der Waals surface area contributed by atoms with Gasteiger partial charge in [-0.25, -0.2) is 0 Å². The van der Waals surface area contributed by atoms with Crippen molar-refractivity contribution < 1.29 is 9.53 Å². The van der Waals surface area contributed by atoms with Crippen molar-refractivity contribution in [3.8, 4) is 0 Å². The summed E-state index contributed by atoms with van der Waals surface area (Å²) in [5.41, 5.74) is 6.38. The lowest BCUT2D eigenvalue weighted by Crippen LogP contribution is -2.46. The quantitative estimate of drug-likeness (QED) is 0.846. The molecule has 0 fully saturated rings. The molecule has 106 valence electrons. The third-order valence-electron chi connectivity index (χ3n) is 3.40. The molecule has 1 aromatic carbocycles. The Morgan fingerprint density at radius 1 is 1.53 bits per heavy atom. The Balaban J connectivity index is 2.87. The number of benzene rings is 1. The normalized spacial score (nSPS) is 13.9. The van der Waals surface area contributed by atoms with E-state index in [4.69, 9.17) is 22.1 Å². The van der Waals surface area contributed by atoms with Crippen LogP contribution < -0.4 is 5.73 Å². The topological polar surface area (TPSA) is 55.6 Å². The molecule has 0 aliphatic rings. The Labute approximate surface area is 119 Å². The van der Waals surface area contributed by atoms with E-state index < -0.39 is 5.60 Å². The number of rotatable bonds is 5. The van der Waals surface area contributed by atoms with Crippen LogP contribution in [0.15, 0.2) is 18.2 Å². The molecule has 19 heavy (non-hydrogen) atoms. The summed E-state index contributed by atoms with van der Waals surface area (Å²) in [5, 5.41) is 0.601. The highest BCUT2D eigenvalue weighted by Crippen LogP contribution is 2.23. The lowest BCUT2D eigenvalue weighted by atomic mass is 10.0. The van der Waals surface area contributed by atoms with Crippen molar-refractivity contribution in [1.82, 2.24) is 4.90 Å². The van der Waals surface area contributed by atoms with Gasteiger partial charge in [-0.1, -0.05) is 18.5 Å². The number of amides is 1. The predicted molar refractivity (Wildman–Crippen MR) is 78.0 cm³/mol. The number of carbonyl (C=O) groups excluding carboxylic acids is 1. The van der Waals surface area contributed by atoms with Crippen LogP contribution in [0.2, 0.25) is 5.02 Å². The van der Waals surface area contributed by atoms with Gasteiger partial charge in [0.25, 0.3) is 5.91 Å². The number of anilines is 1. The number of methoxy groups -OCH3 is 1. The van der Waals surface area contributed by atoms with Crippen LogP contribution in [0.4, 0.5) is 5.69 Å². The second kappa shape index (κ2) is 6.26. The summed E-state index contributed by atoms with van der Waals surface area (Å²) < 4.78 is 5.31. The van der Waals surface area contributed by atoms with Crippen molar-refractivity contribution in [2.45, 2.75) is 32.4 Å². The molecule has 0 bridgehead atoms. The zero-order chi connectivity index (χ0) is 14.6. The van der Waals surface area contributed by atoms with Crippen LogP contribution in [0.25, 0.3) is 0 Å². The third kappa shape index (κ3) is 3.61. The summed E-state index contributed by atoms with van der Waals surface area (Å²) in [6, 6.07) is 5.25. The van der Waals surface area contributed by atoms with Gasteiger partial charge in [-0.15, -0.1) is 0 Å². The molecule has 2 N–H and O–H groups in total. The van der Waals surface area contributed by atoms with Gasteiger partial charge in [0.15, 0.2) is 0 Å². The second-order valence-corrected chi connectivity index (χ2v) is 5.21. The van der Waals surface area contributed by atoms with E-state index in [-0.39, 0.29) is 5.91 Å². The fraction of sp³-hybridized carbons (Fsp3) is 0.500. The maximum absolute atomic E-state index is 12.4. The Kier molecular flexibility index (Phi) is 5.20. The van der Waals surface area contributed by atoms with Gasteiger partial charge < -0.3 is 15.4 Å². The molecule has 0 aliphatic carbocycles. The largest absolute Gasteiger partial charge is 0.399 e. The molecule has 4 nitrogen and oxygen atoms in total. The maximum atomic E-state index is 12.4. The van der Waals surface area contributed by atoms with Crippen LogP contribution in [0.1, 0.15) is 25.8 Å². The molecular formula is C14H21ClN2O2. The highest BCUT2D eigenvalue weighted by Gasteiger charge is 2.33. The van der Waals surface area contributed by atoms with Gasteiger partial charge in [-0.3, -0.25) is 4.79 Å². The first-order chi connectivity index (χ1) is 8.84. The van der Waals surface area contributed by atoms with Crippen molar-refractivity contribution in [3.63, 3.8) is 0 Å². The van der Waals surface area contributed by atoms with Crippen molar-refractivity contribution in [1.29, 1.82) is 0 Å². The minimum Gasteiger partial charge on any atom is -0.399 e. The van der Waals surface area contributed by atoms with E-state index in [0.717, 1.165) is 5.56 Å². The molecule has 0 saturated heterocycles. The molecular weight excluding hydrogens is 264 g/mol. The molecule has 1 amide bonds. The SMILES string of the molecule is CCC(C)(OC)C(=O)N(C)Cc1cc(N)ccc1Cl. The van der Waals surface area contributed by atoms with Gasteiger partial charge in [0.05, 0.1) is 0 Å². The van der Waals surface area contributed by atoms with Gasteiger partial charge in [0, 0.05) is 31.4 Å².